The zero-order chi connectivity index (χ0) is 14.3. The average molecular weight is 274 g/mol. The van der Waals surface area contributed by atoms with Gasteiger partial charge in [-0.2, -0.15) is 0 Å². The number of amides is 2. The number of hydrogen-bond acceptors (Lipinski definition) is 4. The van der Waals surface area contributed by atoms with E-state index in [1.54, 1.807) is 14.0 Å². The van der Waals surface area contributed by atoms with Crippen molar-refractivity contribution in [2.24, 2.45) is 5.92 Å². The highest BCUT2D eigenvalue weighted by molar-refractivity contribution is 5.74. The number of nitrogens with one attached hydrogen (secondary N) is 2. The molecular formula is C12H22N2O5. The van der Waals surface area contributed by atoms with Gasteiger partial charge in [0.2, 0.25) is 0 Å². The van der Waals surface area contributed by atoms with Crippen LogP contribution >= 0.6 is 0 Å². The van der Waals surface area contributed by atoms with Gasteiger partial charge in [-0.1, -0.05) is 6.92 Å². The van der Waals surface area contributed by atoms with Gasteiger partial charge in [-0.05, 0) is 6.42 Å². The molecule has 19 heavy (non-hydrogen) atoms. The van der Waals surface area contributed by atoms with Crippen LogP contribution in [0.15, 0.2) is 0 Å². The highest BCUT2D eigenvalue weighted by Gasteiger charge is 2.35. The Bertz CT molecular complexity index is 315. The number of urea groups is 1. The molecule has 0 aromatic heterocycles. The molecule has 110 valence electrons. The van der Waals surface area contributed by atoms with E-state index in [4.69, 9.17) is 14.6 Å². The molecule has 2 unspecified atom stereocenters. The largest absolute Gasteiger partial charge is 0.481 e. The molecule has 2 amide bonds. The molecule has 1 fully saturated rings. The predicted molar refractivity (Wildman–Crippen MR) is 68.0 cm³/mol. The van der Waals surface area contributed by atoms with Crippen molar-refractivity contribution >= 4 is 12.0 Å². The van der Waals surface area contributed by atoms with Crippen LogP contribution in [0.5, 0.6) is 0 Å². The van der Waals surface area contributed by atoms with E-state index in [0.29, 0.717) is 32.7 Å². The van der Waals surface area contributed by atoms with Crippen molar-refractivity contribution in [2.75, 3.05) is 33.4 Å². The number of carbonyl (C=O) groups is 2. The van der Waals surface area contributed by atoms with Gasteiger partial charge in [0.1, 0.15) is 5.60 Å². The van der Waals surface area contributed by atoms with Crippen molar-refractivity contribution in [1.82, 2.24) is 10.6 Å². The molecule has 1 rings (SSSR count). The van der Waals surface area contributed by atoms with Gasteiger partial charge in [0.15, 0.2) is 0 Å². The summed E-state index contributed by atoms with van der Waals surface area (Å²) in [5.41, 5.74) is -0.439. The van der Waals surface area contributed by atoms with Gasteiger partial charge < -0.3 is 25.2 Å². The molecule has 2 atom stereocenters. The number of carboxylic acids is 1. The van der Waals surface area contributed by atoms with E-state index in [1.165, 1.54) is 0 Å². The summed E-state index contributed by atoms with van der Waals surface area (Å²) < 4.78 is 10.6. The number of carbonyl (C=O) groups excluding carboxylic acids is 1. The van der Waals surface area contributed by atoms with Crippen molar-refractivity contribution in [1.29, 1.82) is 0 Å². The quantitative estimate of drug-likeness (QED) is 0.616. The smallest absolute Gasteiger partial charge is 0.314 e. The first kappa shape index (κ1) is 15.7. The van der Waals surface area contributed by atoms with Crippen molar-refractivity contribution in [3.63, 3.8) is 0 Å². The number of methoxy groups -OCH3 is 1. The summed E-state index contributed by atoms with van der Waals surface area (Å²) in [7, 11) is 1.60. The fraction of sp³-hybridized carbons (Fsp3) is 0.833. The lowest BCUT2D eigenvalue weighted by molar-refractivity contribution is -0.141. The van der Waals surface area contributed by atoms with Crippen molar-refractivity contribution in [3.8, 4) is 0 Å². The molecule has 1 aliphatic heterocycles. The van der Waals surface area contributed by atoms with Crippen LogP contribution in [-0.4, -0.2) is 56.1 Å². The number of aliphatic carboxylic acids is 1. The Labute approximate surface area is 112 Å². The molecule has 0 radical (unpaired) electrons. The molecule has 7 heteroatoms. The normalized spacial score (nSPS) is 23.9. The van der Waals surface area contributed by atoms with Gasteiger partial charge in [-0.15, -0.1) is 0 Å². The van der Waals surface area contributed by atoms with E-state index in [0.717, 1.165) is 6.42 Å². The average Bonchev–Trinajstić information content (AvgIpc) is 2.85. The topological polar surface area (TPSA) is 96.9 Å². The van der Waals surface area contributed by atoms with Crippen LogP contribution in [0.2, 0.25) is 0 Å². The summed E-state index contributed by atoms with van der Waals surface area (Å²) in [6.07, 6.45) is 1.15. The number of carboxylic acid groups (broad SMARTS) is 1. The second kappa shape index (κ2) is 7.30. The second-order valence-electron chi connectivity index (χ2n) is 4.83. The van der Waals surface area contributed by atoms with E-state index >= 15 is 0 Å². The van der Waals surface area contributed by atoms with Crippen LogP contribution in [0.25, 0.3) is 0 Å². The fourth-order valence-corrected chi connectivity index (χ4v) is 1.79. The summed E-state index contributed by atoms with van der Waals surface area (Å²) in [5.74, 6) is -1.32. The predicted octanol–water partition coefficient (Wildman–Crippen LogP) is 0.202. The SMILES string of the molecule is COC1(CNC(=O)NCCC(C)C(=O)O)CCOC1. The maximum absolute atomic E-state index is 11.5. The molecular weight excluding hydrogens is 252 g/mol. The second-order valence-corrected chi connectivity index (χ2v) is 4.83. The van der Waals surface area contributed by atoms with E-state index in [1.807, 2.05) is 0 Å². The molecule has 0 aromatic rings. The lowest BCUT2D eigenvalue weighted by atomic mass is 10.0. The van der Waals surface area contributed by atoms with Gasteiger partial charge in [0.25, 0.3) is 0 Å². The Morgan fingerprint density at radius 2 is 2.21 bits per heavy atom. The van der Waals surface area contributed by atoms with Crippen LogP contribution in [-0.2, 0) is 14.3 Å². The first-order chi connectivity index (χ1) is 8.99. The molecule has 7 nitrogen and oxygen atoms in total. The van der Waals surface area contributed by atoms with Gasteiger partial charge in [-0.3, -0.25) is 4.79 Å². The third kappa shape index (κ3) is 5.04. The van der Waals surface area contributed by atoms with Gasteiger partial charge in [-0.25, -0.2) is 4.79 Å². The van der Waals surface area contributed by atoms with Crippen LogP contribution in [0.1, 0.15) is 19.8 Å². The number of hydrogen-bond donors (Lipinski definition) is 3. The molecule has 0 spiro atoms. The first-order valence-corrected chi connectivity index (χ1v) is 6.36. The number of rotatable bonds is 7. The Balaban J connectivity index is 2.19. The maximum Gasteiger partial charge on any atom is 0.314 e. The minimum Gasteiger partial charge on any atom is -0.481 e. The van der Waals surface area contributed by atoms with E-state index in [2.05, 4.69) is 10.6 Å². The third-order valence-electron chi connectivity index (χ3n) is 3.36. The van der Waals surface area contributed by atoms with Crippen LogP contribution in [0.3, 0.4) is 0 Å². The fourth-order valence-electron chi connectivity index (χ4n) is 1.79. The first-order valence-electron chi connectivity index (χ1n) is 6.36. The summed E-state index contributed by atoms with van der Waals surface area (Å²) in [6.45, 7) is 3.42. The lowest BCUT2D eigenvalue weighted by Gasteiger charge is -2.25. The van der Waals surface area contributed by atoms with Crippen molar-refractivity contribution < 1.29 is 24.2 Å². The molecule has 0 saturated carbocycles. The molecule has 1 heterocycles. The summed E-state index contributed by atoms with van der Waals surface area (Å²) in [5, 5.41) is 14.0. The zero-order valence-corrected chi connectivity index (χ0v) is 11.4. The monoisotopic (exact) mass is 274 g/mol. The van der Waals surface area contributed by atoms with Gasteiger partial charge in [0, 0.05) is 26.7 Å². The highest BCUT2D eigenvalue weighted by Crippen LogP contribution is 2.21. The standard InChI is InChI=1S/C12H22N2O5/c1-9(10(15)16)3-5-13-11(17)14-7-12(18-2)4-6-19-8-12/h9H,3-8H2,1-2H3,(H,15,16)(H2,13,14,17). The molecule has 0 bridgehead atoms. The van der Waals surface area contributed by atoms with E-state index < -0.39 is 17.5 Å². The molecule has 3 N–H and O–H groups in total. The molecule has 0 aromatic carbocycles. The summed E-state index contributed by atoms with van der Waals surface area (Å²) in [4.78, 5) is 22.1. The van der Waals surface area contributed by atoms with E-state index in [-0.39, 0.29) is 6.03 Å². The Morgan fingerprint density at radius 1 is 1.47 bits per heavy atom. The third-order valence-corrected chi connectivity index (χ3v) is 3.36. The number of ether oxygens (including phenoxy) is 2. The van der Waals surface area contributed by atoms with Crippen molar-refractivity contribution in [3.05, 3.63) is 0 Å². The van der Waals surface area contributed by atoms with E-state index in [9.17, 15) is 9.59 Å². The maximum atomic E-state index is 11.5. The Hall–Kier alpha value is -1.34. The van der Waals surface area contributed by atoms with Crippen LogP contribution < -0.4 is 10.6 Å². The minimum atomic E-state index is -0.858. The molecule has 1 aliphatic rings. The van der Waals surface area contributed by atoms with Crippen LogP contribution in [0.4, 0.5) is 4.79 Å². The van der Waals surface area contributed by atoms with Crippen molar-refractivity contribution in [2.45, 2.75) is 25.4 Å². The minimum absolute atomic E-state index is 0.319. The van der Waals surface area contributed by atoms with Gasteiger partial charge in [0.05, 0.1) is 19.1 Å². The molecule has 1 saturated heterocycles. The lowest BCUT2D eigenvalue weighted by Crippen LogP contribution is -2.48. The zero-order valence-electron chi connectivity index (χ0n) is 11.4. The Kier molecular flexibility index (Phi) is 6.04. The molecule has 0 aliphatic carbocycles. The summed E-state index contributed by atoms with van der Waals surface area (Å²) in [6, 6.07) is -0.319. The Morgan fingerprint density at radius 3 is 2.74 bits per heavy atom. The van der Waals surface area contributed by atoms with Gasteiger partial charge >= 0.3 is 12.0 Å². The van der Waals surface area contributed by atoms with Crippen LogP contribution in [0, 0.1) is 5.92 Å². The highest BCUT2D eigenvalue weighted by atomic mass is 16.5. The summed E-state index contributed by atoms with van der Waals surface area (Å²) >= 11 is 0.